The Morgan fingerprint density at radius 3 is 2.57 bits per heavy atom. The summed E-state index contributed by atoms with van der Waals surface area (Å²) in [6.45, 7) is 1.56. The van der Waals surface area contributed by atoms with Crippen LogP contribution < -0.4 is 5.73 Å². The number of nitrogens with zero attached hydrogens (tertiary/aromatic N) is 1. The van der Waals surface area contributed by atoms with Crippen molar-refractivity contribution in [2.24, 2.45) is 5.73 Å². The van der Waals surface area contributed by atoms with E-state index in [1.54, 1.807) is 4.90 Å². The number of hydrogen-bond acceptors (Lipinski definition) is 3. The van der Waals surface area contributed by atoms with Crippen molar-refractivity contribution >= 4 is 17.5 Å². The van der Waals surface area contributed by atoms with Gasteiger partial charge in [0.25, 0.3) is 0 Å². The predicted molar refractivity (Wildman–Crippen MR) is 90.1 cm³/mol. The van der Waals surface area contributed by atoms with Crippen LogP contribution in [0.5, 0.6) is 0 Å². The number of halogens is 1. The van der Waals surface area contributed by atoms with Crippen LogP contribution in [0.15, 0.2) is 54.6 Å². The van der Waals surface area contributed by atoms with Gasteiger partial charge in [0.2, 0.25) is 5.91 Å². The van der Waals surface area contributed by atoms with Crippen LogP contribution in [-0.2, 0) is 9.53 Å². The summed E-state index contributed by atoms with van der Waals surface area (Å²) < 4.78 is 5.79. The Bertz CT molecular complexity index is 660. The Morgan fingerprint density at radius 2 is 1.87 bits per heavy atom. The molecule has 2 aromatic rings. The summed E-state index contributed by atoms with van der Waals surface area (Å²) in [4.78, 5) is 14.4. The second-order valence-electron chi connectivity index (χ2n) is 5.58. The van der Waals surface area contributed by atoms with E-state index in [1.807, 2.05) is 54.6 Å². The molecule has 0 aromatic heterocycles. The molecule has 3 rings (SSSR count). The first-order valence-electron chi connectivity index (χ1n) is 7.61. The molecule has 2 unspecified atom stereocenters. The molecule has 2 atom stereocenters. The quantitative estimate of drug-likeness (QED) is 0.941. The molecule has 1 amide bonds. The standard InChI is InChI=1S/C18H19ClN2O2/c19-15-8-6-13(7-9-15)16-12-21(10-11-23-16)18(22)17(20)14-4-2-1-3-5-14/h1-9,16-17H,10-12,20H2. The lowest BCUT2D eigenvalue weighted by Gasteiger charge is -2.34. The average molecular weight is 331 g/mol. The van der Waals surface area contributed by atoms with E-state index in [2.05, 4.69) is 0 Å². The lowest BCUT2D eigenvalue weighted by atomic mass is 10.0. The van der Waals surface area contributed by atoms with Crippen LogP contribution in [0.25, 0.3) is 0 Å². The molecular formula is C18H19ClN2O2. The summed E-state index contributed by atoms with van der Waals surface area (Å²) in [6, 6.07) is 16.3. The topological polar surface area (TPSA) is 55.6 Å². The zero-order valence-corrected chi connectivity index (χ0v) is 13.4. The van der Waals surface area contributed by atoms with Crippen molar-refractivity contribution < 1.29 is 9.53 Å². The highest BCUT2D eigenvalue weighted by Crippen LogP contribution is 2.25. The maximum Gasteiger partial charge on any atom is 0.244 e. The van der Waals surface area contributed by atoms with Gasteiger partial charge in [-0.3, -0.25) is 4.79 Å². The van der Waals surface area contributed by atoms with E-state index in [0.29, 0.717) is 24.7 Å². The Balaban J connectivity index is 1.70. The molecule has 2 N–H and O–H groups in total. The van der Waals surface area contributed by atoms with E-state index >= 15 is 0 Å². The van der Waals surface area contributed by atoms with Gasteiger partial charge >= 0.3 is 0 Å². The molecule has 0 aliphatic carbocycles. The van der Waals surface area contributed by atoms with Crippen molar-refractivity contribution in [1.82, 2.24) is 4.90 Å². The summed E-state index contributed by atoms with van der Waals surface area (Å²) in [7, 11) is 0. The summed E-state index contributed by atoms with van der Waals surface area (Å²) in [5, 5.41) is 0.684. The van der Waals surface area contributed by atoms with Crippen LogP contribution >= 0.6 is 11.6 Å². The molecule has 0 spiro atoms. The number of amides is 1. The number of benzene rings is 2. The number of carbonyl (C=O) groups is 1. The van der Waals surface area contributed by atoms with Crippen LogP contribution in [0.3, 0.4) is 0 Å². The molecule has 0 bridgehead atoms. The average Bonchev–Trinajstić information content (AvgIpc) is 2.62. The maximum atomic E-state index is 12.7. The number of morpholine rings is 1. The zero-order chi connectivity index (χ0) is 16.2. The molecule has 0 saturated carbocycles. The fourth-order valence-corrected chi connectivity index (χ4v) is 2.85. The molecule has 5 heteroatoms. The second kappa shape index (κ2) is 7.13. The number of rotatable bonds is 3. The Hall–Kier alpha value is -1.88. The first-order chi connectivity index (χ1) is 11.1. The summed E-state index contributed by atoms with van der Waals surface area (Å²) >= 11 is 5.92. The second-order valence-corrected chi connectivity index (χ2v) is 6.02. The SMILES string of the molecule is NC(C(=O)N1CCOC(c2ccc(Cl)cc2)C1)c1ccccc1. The number of hydrogen-bond donors (Lipinski definition) is 1. The highest BCUT2D eigenvalue weighted by atomic mass is 35.5. The van der Waals surface area contributed by atoms with Crippen molar-refractivity contribution in [2.75, 3.05) is 19.7 Å². The highest BCUT2D eigenvalue weighted by molar-refractivity contribution is 6.30. The largest absolute Gasteiger partial charge is 0.370 e. The Kier molecular flexibility index (Phi) is 4.96. The van der Waals surface area contributed by atoms with Gasteiger partial charge in [-0.15, -0.1) is 0 Å². The van der Waals surface area contributed by atoms with E-state index in [-0.39, 0.29) is 12.0 Å². The number of nitrogens with two attached hydrogens (primary N) is 1. The lowest BCUT2D eigenvalue weighted by molar-refractivity contribution is -0.140. The van der Waals surface area contributed by atoms with Gasteiger partial charge < -0.3 is 15.4 Å². The third-order valence-electron chi connectivity index (χ3n) is 4.04. The van der Waals surface area contributed by atoms with E-state index in [1.165, 1.54) is 0 Å². The van der Waals surface area contributed by atoms with Gasteiger partial charge in [-0.2, -0.15) is 0 Å². The van der Waals surface area contributed by atoms with Crippen LogP contribution in [0.4, 0.5) is 0 Å². The molecule has 23 heavy (non-hydrogen) atoms. The molecule has 1 aliphatic heterocycles. The number of ether oxygens (including phenoxy) is 1. The van der Waals surface area contributed by atoms with Crippen molar-refractivity contribution in [2.45, 2.75) is 12.1 Å². The minimum Gasteiger partial charge on any atom is -0.370 e. The van der Waals surface area contributed by atoms with Gasteiger partial charge in [0, 0.05) is 11.6 Å². The molecule has 120 valence electrons. The van der Waals surface area contributed by atoms with Crippen molar-refractivity contribution in [3.63, 3.8) is 0 Å². The monoisotopic (exact) mass is 330 g/mol. The normalized spacial score (nSPS) is 19.4. The zero-order valence-electron chi connectivity index (χ0n) is 12.7. The molecule has 0 radical (unpaired) electrons. The van der Waals surface area contributed by atoms with Crippen molar-refractivity contribution in [3.8, 4) is 0 Å². The van der Waals surface area contributed by atoms with Gasteiger partial charge in [0.05, 0.1) is 13.2 Å². The van der Waals surface area contributed by atoms with E-state index in [4.69, 9.17) is 22.1 Å². The summed E-state index contributed by atoms with van der Waals surface area (Å²) in [5.74, 6) is -0.0709. The third-order valence-corrected chi connectivity index (χ3v) is 4.30. The van der Waals surface area contributed by atoms with E-state index in [9.17, 15) is 4.79 Å². The maximum absolute atomic E-state index is 12.7. The van der Waals surface area contributed by atoms with Gasteiger partial charge in [-0.1, -0.05) is 54.1 Å². The molecule has 2 aromatic carbocycles. The molecule has 1 aliphatic rings. The van der Waals surface area contributed by atoms with Crippen LogP contribution in [0.1, 0.15) is 23.3 Å². The van der Waals surface area contributed by atoms with E-state index in [0.717, 1.165) is 11.1 Å². The molecule has 1 fully saturated rings. The lowest BCUT2D eigenvalue weighted by Crippen LogP contribution is -2.46. The van der Waals surface area contributed by atoms with Gasteiger partial charge in [-0.25, -0.2) is 0 Å². The van der Waals surface area contributed by atoms with Gasteiger partial charge in [-0.05, 0) is 23.3 Å². The highest BCUT2D eigenvalue weighted by Gasteiger charge is 2.29. The Morgan fingerprint density at radius 1 is 1.17 bits per heavy atom. The van der Waals surface area contributed by atoms with Crippen molar-refractivity contribution in [1.29, 1.82) is 0 Å². The third kappa shape index (κ3) is 3.72. The minimum atomic E-state index is -0.639. The van der Waals surface area contributed by atoms with Crippen molar-refractivity contribution in [3.05, 3.63) is 70.7 Å². The summed E-state index contributed by atoms with van der Waals surface area (Å²) in [5.41, 5.74) is 7.96. The van der Waals surface area contributed by atoms with Gasteiger partial charge in [0.1, 0.15) is 12.1 Å². The van der Waals surface area contributed by atoms with Crippen LogP contribution in [0.2, 0.25) is 5.02 Å². The van der Waals surface area contributed by atoms with E-state index < -0.39 is 6.04 Å². The fourth-order valence-electron chi connectivity index (χ4n) is 2.73. The van der Waals surface area contributed by atoms with Gasteiger partial charge in [0.15, 0.2) is 0 Å². The van der Waals surface area contributed by atoms with Crippen LogP contribution in [0, 0.1) is 0 Å². The smallest absolute Gasteiger partial charge is 0.244 e. The van der Waals surface area contributed by atoms with Crippen LogP contribution in [-0.4, -0.2) is 30.5 Å². The summed E-state index contributed by atoms with van der Waals surface area (Å²) in [6.07, 6.45) is -0.145. The molecule has 1 saturated heterocycles. The first kappa shape index (κ1) is 16.0. The Labute approximate surface area is 140 Å². The molecular weight excluding hydrogens is 312 g/mol. The minimum absolute atomic E-state index is 0.0709. The first-order valence-corrected chi connectivity index (χ1v) is 7.99. The molecule has 4 nitrogen and oxygen atoms in total. The number of carbonyl (C=O) groups excluding carboxylic acids is 1. The molecule has 1 heterocycles. The predicted octanol–water partition coefficient (Wildman–Crippen LogP) is 2.94. The fraction of sp³-hybridized carbons (Fsp3) is 0.278.